The van der Waals surface area contributed by atoms with Crippen LogP contribution in [0.25, 0.3) is 0 Å². The Labute approximate surface area is 317 Å². The molecule has 4 aliphatic rings. The Bertz CT molecular complexity index is 1380. The third-order valence-electron chi connectivity index (χ3n) is 11.0. The standard InChI is InChI=1S/C19H25NO2.C10H17NO.C10H14.C8H14/c21-19(22)17-7-3-6-16(12-17)15-8-10-18(11-9-15)20-13-14-4-1-2-5-14;12-10(8-9-4-3-5-9)11-6-1-2-7-11;1-3-4-10-7-5-9(2)6-8-10;1-4-6-8(3)7-5-2/h3,6-7,12-13,15,18,20H,1-2,4-5,8-11H2,(H,21,22);9H,1-8H2;5-8H,3-4H2,1-2H3;4,6H,1,5,7H2,2-3H3/b;;;8-6+. The number of hydrogen-bond donors (Lipinski definition) is 2. The predicted molar refractivity (Wildman–Crippen MR) is 220 cm³/mol. The molecule has 0 unspecified atom stereocenters. The molecule has 1 amide bonds. The number of aryl methyl sites for hydroxylation is 2. The Morgan fingerprint density at radius 1 is 0.885 bits per heavy atom. The largest absolute Gasteiger partial charge is 0.478 e. The highest BCUT2D eigenvalue weighted by Gasteiger charge is 2.25. The van der Waals surface area contributed by atoms with Crippen LogP contribution in [0.15, 0.2) is 84.6 Å². The highest BCUT2D eigenvalue weighted by Crippen LogP contribution is 2.34. The SMILES string of the molecule is C=C/C=C(\C)CCC.CCCc1ccc(C)cc1.O=C(CC1CCC1)N1CCCC1.O=C(O)c1cccc(C2CCC(NC=C3CCCC3)CC2)c1. The van der Waals surface area contributed by atoms with E-state index in [4.69, 9.17) is 5.11 Å². The van der Waals surface area contributed by atoms with Gasteiger partial charge in [-0.1, -0.05) is 105 Å². The van der Waals surface area contributed by atoms with Crippen molar-refractivity contribution in [3.05, 3.63) is 107 Å². The fraction of sp³-hybridized carbons (Fsp3) is 0.574. The summed E-state index contributed by atoms with van der Waals surface area (Å²) in [5.41, 5.74) is 7.39. The Balaban J connectivity index is 0.000000205. The Morgan fingerprint density at radius 2 is 1.56 bits per heavy atom. The van der Waals surface area contributed by atoms with E-state index in [1.54, 1.807) is 11.6 Å². The van der Waals surface area contributed by atoms with Crippen molar-refractivity contribution in [2.24, 2.45) is 5.92 Å². The maximum Gasteiger partial charge on any atom is 0.335 e. The molecule has 1 heterocycles. The van der Waals surface area contributed by atoms with Crippen molar-refractivity contribution in [3.8, 4) is 0 Å². The van der Waals surface area contributed by atoms with Crippen LogP contribution in [0.1, 0.15) is 163 Å². The van der Waals surface area contributed by atoms with Crippen LogP contribution < -0.4 is 5.32 Å². The minimum atomic E-state index is -0.833. The maximum atomic E-state index is 11.6. The molecule has 3 saturated carbocycles. The Kier molecular flexibility index (Phi) is 20.3. The molecule has 1 aliphatic heterocycles. The normalized spacial score (nSPS) is 19.8. The molecule has 3 aliphatic carbocycles. The number of allylic oxidation sites excluding steroid dienone is 4. The van der Waals surface area contributed by atoms with Gasteiger partial charge < -0.3 is 15.3 Å². The lowest BCUT2D eigenvalue weighted by atomic mass is 9.81. The number of carbonyl (C=O) groups is 2. The van der Waals surface area contributed by atoms with Gasteiger partial charge in [0.1, 0.15) is 0 Å². The molecule has 0 atom stereocenters. The molecule has 2 N–H and O–H groups in total. The number of carboxylic acid groups (broad SMARTS) is 1. The summed E-state index contributed by atoms with van der Waals surface area (Å²) in [5, 5.41) is 12.7. The smallest absolute Gasteiger partial charge is 0.335 e. The second kappa shape index (κ2) is 24.6. The minimum absolute atomic E-state index is 0.406. The van der Waals surface area contributed by atoms with E-state index in [1.165, 1.54) is 119 Å². The molecular weight excluding hydrogens is 641 g/mol. The number of rotatable bonds is 11. The van der Waals surface area contributed by atoms with Gasteiger partial charge in [0.2, 0.25) is 5.91 Å². The summed E-state index contributed by atoms with van der Waals surface area (Å²) < 4.78 is 0. The van der Waals surface area contributed by atoms with Gasteiger partial charge >= 0.3 is 5.97 Å². The molecule has 2 aromatic rings. The van der Waals surface area contributed by atoms with Crippen LogP contribution >= 0.6 is 0 Å². The van der Waals surface area contributed by atoms with Gasteiger partial charge in [0.05, 0.1) is 5.56 Å². The van der Waals surface area contributed by atoms with E-state index >= 15 is 0 Å². The van der Waals surface area contributed by atoms with Gasteiger partial charge in [0.15, 0.2) is 0 Å². The lowest BCUT2D eigenvalue weighted by molar-refractivity contribution is -0.131. The van der Waals surface area contributed by atoms with Crippen LogP contribution in [0.4, 0.5) is 0 Å². The molecule has 2 aromatic carbocycles. The second-order valence-corrected chi connectivity index (χ2v) is 15.5. The average molecular weight is 711 g/mol. The molecule has 6 rings (SSSR count). The quantitative estimate of drug-likeness (QED) is 0.228. The number of nitrogens with one attached hydrogen (secondary N) is 1. The highest BCUT2D eigenvalue weighted by molar-refractivity contribution is 5.87. The molecule has 0 radical (unpaired) electrons. The van der Waals surface area contributed by atoms with Gasteiger partial charge in [0.25, 0.3) is 0 Å². The zero-order chi connectivity index (χ0) is 37.6. The van der Waals surface area contributed by atoms with Crippen LogP contribution in [0.2, 0.25) is 0 Å². The van der Waals surface area contributed by atoms with Crippen molar-refractivity contribution in [2.75, 3.05) is 13.1 Å². The van der Waals surface area contributed by atoms with Crippen molar-refractivity contribution in [2.45, 2.75) is 155 Å². The van der Waals surface area contributed by atoms with E-state index in [1.807, 2.05) is 23.1 Å². The third kappa shape index (κ3) is 16.4. The fourth-order valence-electron chi connectivity index (χ4n) is 7.49. The predicted octanol–water partition coefficient (Wildman–Crippen LogP) is 12.1. The monoisotopic (exact) mass is 711 g/mol. The number of likely N-dealkylation sites (tertiary alicyclic amines) is 1. The second-order valence-electron chi connectivity index (χ2n) is 15.5. The van der Waals surface area contributed by atoms with Crippen molar-refractivity contribution in [3.63, 3.8) is 0 Å². The number of nitrogens with zero attached hydrogens (tertiary/aromatic N) is 1. The number of aromatic carboxylic acids is 1. The summed E-state index contributed by atoms with van der Waals surface area (Å²) in [5.74, 6) is 0.826. The van der Waals surface area contributed by atoms with E-state index in [2.05, 4.69) is 82.2 Å². The topological polar surface area (TPSA) is 69.6 Å². The van der Waals surface area contributed by atoms with Crippen LogP contribution in [-0.2, 0) is 11.2 Å². The molecule has 5 nitrogen and oxygen atoms in total. The third-order valence-corrected chi connectivity index (χ3v) is 11.0. The van der Waals surface area contributed by atoms with Crippen LogP contribution in [0.3, 0.4) is 0 Å². The zero-order valence-electron chi connectivity index (χ0n) is 33.1. The van der Waals surface area contributed by atoms with Crippen LogP contribution in [0, 0.1) is 12.8 Å². The highest BCUT2D eigenvalue weighted by atomic mass is 16.4. The molecule has 0 spiro atoms. The van der Waals surface area contributed by atoms with Crippen molar-refractivity contribution in [1.82, 2.24) is 10.2 Å². The van der Waals surface area contributed by atoms with E-state index in [9.17, 15) is 9.59 Å². The van der Waals surface area contributed by atoms with Crippen molar-refractivity contribution < 1.29 is 14.7 Å². The van der Waals surface area contributed by atoms with Gasteiger partial charge in [-0.25, -0.2) is 4.79 Å². The minimum Gasteiger partial charge on any atom is -0.478 e. The van der Waals surface area contributed by atoms with Gasteiger partial charge in [-0.2, -0.15) is 0 Å². The summed E-state index contributed by atoms with van der Waals surface area (Å²) in [6.07, 6.45) is 28.1. The molecule has 1 saturated heterocycles. The van der Waals surface area contributed by atoms with E-state index in [0.29, 0.717) is 23.4 Å². The molecule has 52 heavy (non-hydrogen) atoms. The molecule has 0 aromatic heterocycles. The summed E-state index contributed by atoms with van der Waals surface area (Å²) >= 11 is 0. The average Bonchev–Trinajstić information content (AvgIpc) is 3.87. The fourth-order valence-corrected chi connectivity index (χ4v) is 7.49. The van der Waals surface area contributed by atoms with Crippen molar-refractivity contribution in [1.29, 1.82) is 0 Å². The van der Waals surface area contributed by atoms with E-state index in [-0.39, 0.29) is 0 Å². The summed E-state index contributed by atoms with van der Waals surface area (Å²) in [7, 11) is 0. The van der Waals surface area contributed by atoms with E-state index < -0.39 is 5.97 Å². The molecular formula is C47H70N2O3. The Hall–Kier alpha value is -3.60. The first-order valence-electron chi connectivity index (χ1n) is 20.6. The first-order valence-corrected chi connectivity index (χ1v) is 20.6. The maximum absolute atomic E-state index is 11.6. The van der Waals surface area contributed by atoms with Crippen LogP contribution in [0.5, 0.6) is 0 Å². The Morgan fingerprint density at radius 3 is 2.12 bits per heavy atom. The molecule has 286 valence electrons. The lowest BCUT2D eigenvalue weighted by Crippen LogP contribution is -2.30. The number of hydrogen-bond acceptors (Lipinski definition) is 3. The van der Waals surface area contributed by atoms with Crippen molar-refractivity contribution >= 4 is 11.9 Å². The first kappa shape index (κ1) is 42.8. The lowest BCUT2D eigenvalue weighted by Gasteiger charge is -2.29. The van der Waals surface area contributed by atoms with Gasteiger partial charge in [-0.3, -0.25) is 4.79 Å². The number of carboxylic acids is 1. The number of amides is 1. The summed E-state index contributed by atoms with van der Waals surface area (Å²) in [4.78, 5) is 24.7. The first-order chi connectivity index (χ1) is 25.2. The summed E-state index contributed by atoms with van der Waals surface area (Å²) in [6.45, 7) is 14.3. The molecule has 4 fully saturated rings. The van der Waals surface area contributed by atoms with Gasteiger partial charge in [-0.15, -0.1) is 0 Å². The van der Waals surface area contributed by atoms with E-state index in [0.717, 1.165) is 38.3 Å². The van der Waals surface area contributed by atoms with Gasteiger partial charge in [-0.05, 0) is 145 Å². The number of carbonyl (C=O) groups excluding carboxylic acids is 1. The molecule has 5 heteroatoms. The van der Waals surface area contributed by atoms with Gasteiger partial charge in [0, 0.05) is 25.6 Å². The summed E-state index contributed by atoms with van der Waals surface area (Å²) in [6, 6.07) is 16.8. The molecule has 0 bridgehead atoms. The van der Waals surface area contributed by atoms with Crippen LogP contribution in [-0.4, -0.2) is 41.0 Å². The number of benzene rings is 2. The zero-order valence-corrected chi connectivity index (χ0v) is 33.1.